The molecule has 1 N–H and O–H groups in total. The number of carbonyl (C=O) groups is 2. The van der Waals surface area contributed by atoms with Crippen molar-refractivity contribution in [2.75, 3.05) is 32.1 Å². The number of nitrogens with zero attached hydrogens (tertiary/aromatic N) is 1. The summed E-state index contributed by atoms with van der Waals surface area (Å²) in [5, 5.41) is 3.14. The standard InChI is InChI=1S/C23H27ClN2O4/c1-15(2)14-30-21-19(24)12-17(13-20(21)29-3)22(27)25-18-8-6-16(7-9-18)23(28)26-10-4-5-11-26/h6-9,12-13,15H,4-5,10-11,14H2,1-3H3,(H,25,27). The molecule has 0 aliphatic carbocycles. The molecule has 1 heterocycles. The van der Waals surface area contributed by atoms with Crippen LogP contribution in [-0.4, -0.2) is 43.5 Å². The summed E-state index contributed by atoms with van der Waals surface area (Å²) < 4.78 is 11.1. The predicted molar refractivity (Wildman–Crippen MR) is 118 cm³/mol. The van der Waals surface area contributed by atoms with Gasteiger partial charge in [0.25, 0.3) is 11.8 Å². The van der Waals surface area contributed by atoms with Gasteiger partial charge in [0.05, 0.1) is 18.7 Å². The first-order chi connectivity index (χ1) is 14.4. The van der Waals surface area contributed by atoms with Crippen LogP contribution < -0.4 is 14.8 Å². The van der Waals surface area contributed by atoms with Gasteiger partial charge in [0.2, 0.25) is 0 Å². The van der Waals surface area contributed by atoms with Crippen LogP contribution in [0.15, 0.2) is 36.4 Å². The number of amides is 2. The van der Waals surface area contributed by atoms with Crippen molar-refractivity contribution in [2.24, 2.45) is 5.92 Å². The lowest BCUT2D eigenvalue weighted by Crippen LogP contribution is -2.27. The van der Waals surface area contributed by atoms with Crippen molar-refractivity contribution in [3.05, 3.63) is 52.5 Å². The summed E-state index contributed by atoms with van der Waals surface area (Å²) in [6, 6.07) is 10.1. The average molecular weight is 431 g/mol. The van der Waals surface area contributed by atoms with E-state index in [1.165, 1.54) is 7.11 Å². The molecule has 30 heavy (non-hydrogen) atoms. The molecule has 6 nitrogen and oxygen atoms in total. The van der Waals surface area contributed by atoms with Gasteiger partial charge in [-0.05, 0) is 55.2 Å². The lowest BCUT2D eigenvalue weighted by atomic mass is 10.1. The van der Waals surface area contributed by atoms with Crippen LogP contribution in [0.1, 0.15) is 47.4 Å². The van der Waals surface area contributed by atoms with Crippen molar-refractivity contribution >= 4 is 29.1 Å². The van der Waals surface area contributed by atoms with E-state index in [2.05, 4.69) is 5.32 Å². The zero-order valence-electron chi connectivity index (χ0n) is 17.5. The van der Waals surface area contributed by atoms with Crippen molar-refractivity contribution in [2.45, 2.75) is 26.7 Å². The van der Waals surface area contributed by atoms with E-state index in [0.29, 0.717) is 45.9 Å². The molecule has 2 aromatic rings. The summed E-state index contributed by atoms with van der Waals surface area (Å²) in [6.07, 6.45) is 2.10. The Morgan fingerprint density at radius 3 is 2.37 bits per heavy atom. The van der Waals surface area contributed by atoms with Gasteiger partial charge in [-0.1, -0.05) is 25.4 Å². The Morgan fingerprint density at radius 2 is 1.77 bits per heavy atom. The third kappa shape index (κ3) is 5.25. The van der Waals surface area contributed by atoms with E-state index in [0.717, 1.165) is 25.9 Å². The van der Waals surface area contributed by atoms with E-state index in [1.54, 1.807) is 36.4 Å². The van der Waals surface area contributed by atoms with Crippen LogP contribution in [0.5, 0.6) is 11.5 Å². The Hall–Kier alpha value is -2.73. The highest BCUT2D eigenvalue weighted by Crippen LogP contribution is 2.37. The summed E-state index contributed by atoms with van der Waals surface area (Å²) in [4.78, 5) is 27.0. The number of hydrogen-bond acceptors (Lipinski definition) is 4. The van der Waals surface area contributed by atoms with Gasteiger partial charge in [0, 0.05) is 29.9 Å². The number of hydrogen-bond donors (Lipinski definition) is 1. The third-order valence-electron chi connectivity index (χ3n) is 4.84. The van der Waals surface area contributed by atoms with Crippen LogP contribution in [0.3, 0.4) is 0 Å². The molecule has 1 fully saturated rings. The van der Waals surface area contributed by atoms with Crippen LogP contribution in [-0.2, 0) is 0 Å². The zero-order chi connectivity index (χ0) is 21.7. The summed E-state index contributed by atoms with van der Waals surface area (Å²) in [5.41, 5.74) is 1.56. The SMILES string of the molecule is COc1cc(C(=O)Nc2ccc(C(=O)N3CCCC3)cc2)cc(Cl)c1OCC(C)C. The quantitative estimate of drug-likeness (QED) is 0.680. The Balaban J connectivity index is 1.70. The second-order valence-electron chi connectivity index (χ2n) is 7.73. The highest BCUT2D eigenvalue weighted by atomic mass is 35.5. The van der Waals surface area contributed by atoms with Crippen LogP contribution in [0.4, 0.5) is 5.69 Å². The second-order valence-corrected chi connectivity index (χ2v) is 8.13. The first-order valence-electron chi connectivity index (χ1n) is 10.1. The first-order valence-corrected chi connectivity index (χ1v) is 10.5. The summed E-state index contributed by atoms with van der Waals surface area (Å²) in [6.45, 7) is 6.16. The average Bonchev–Trinajstić information content (AvgIpc) is 3.27. The van der Waals surface area contributed by atoms with Crippen LogP contribution in [0, 0.1) is 5.92 Å². The fraction of sp³-hybridized carbons (Fsp3) is 0.391. The molecule has 3 rings (SSSR count). The molecule has 160 valence electrons. The molecule has 0 atom stereocenters. The molecule has 0 unspecified atom stereocenters. The van der Waals surface area contributed by atoms with E-state index >= 15 is 0 Å². The number of anilines is 1. The smallest absolute Gasteiger partial charge is 0.255 e. The highest BCUT2D eigenvalue weighted by molar-refractivity contribution is 6.32. The van der Waals surface area contributed by atoms with Crippen LogP contribution in [0.25, 0.3) is 0 Å². The maximum atomic E-state index is 12.7. The van der Waals surface area contributed by atoms with E-state index in [9.17, 15) is 9.59 Å². The second kappa shape index (κ2) is 9.85. The minimum Gasteiger partial charge on any atom is -0.493 e. The van der Waals surface area contributed by atoms with Gasteiger partial charge in [-0.15, -0.1) is 0 Å². The number of carbonyl (C=O) groups excluding carboxylic acids is 2. The Labute approximate surface area is 182 Å². The number of likely N-dealkylation sites (tertiary alicyclic amines) is 1. The number of nitrogens with one attached hydrogen (secondary N) is 1. The van der Waals surface area contributed by atoms with Crippen LogP contribution in [0.2, 0.25) is 5.02 Å². The number of halogens is 1. The number of rotatable bonds is 7. The lowest BCUT2D eigenvalue weighted by molar-refractivity contribution is 0.0792. The van der Waals surface area contributed by atoms with Gasteiger partial charge in [0.15, 0.2) is 11.5 Å². The number of benzene rings is 2. The fourth-order valence-corrected chi connectivity index (χ4v) is 3.51. The van der Waals surface area contributed by atoms with Crippen LogP contribution >= 0.6 is 11.6 Å². The molecule has 1 aliphatic rings. The number of ether oxygens (including phenoxy) is 2. The number of methoxy groups -OCH3 is 1. The van der Waals surface area contributed by atoms with Crippen molar-refractivity contribution in [1.29, 1.82) is 0 Å². The maximum absolute atomic E-state index is 12.7. The molecular weight excluding hydrogens is 404 g/mol. The van der Waals surface area contributed by atoms with E-state index in [-0.39, 0.29) is 11.8 Å². The Bertz CT molecular complexity index is 906. The normalized spacial score (nSPS) is 13.4. The Kier molecular flexibility index (Phi) is 7.21. The molecule has 0 saturated carbocycles. The molecule has 7 heteroatoms. The van der Waals surface area contributed by atoms with E-state index < -0.39 is 0 Å². The molecule has 1 saturated heterocycles. The largest absolute Gasteiger partial charge is 0.493 e. The molecule has 2 amide bonds. The van der Waals surface area contributed by atoms with E-state index in [4.69, 9.17) is 21.1 Å². The van der Waals surface area contributed by atoms with Crippen molar-refractivity contribution in [3.8, 4) is 11.5 Å². The van der Waals surface area contributed by atoms with Crippen molar-refractivity contribution < 1.29 is 19.1 Å². The minimum atomic E-state index is -0.329. The minimum absolute atomic E-state index is 0.0267. The fourth-order valence-electron chi connectivity index (χ4n) is 3.24. The lowest BCUT2D eigenvalue weighted by Gasteiger charge is -2.16. The monoisotopic (exact) mass is 430 g/mol. The summed E-state index contributed by atoms with van der Waals surface area (Å²) in [7, 11) is 1.51. The Morgan fingerprint density at radius 1 is 1.10 bits per heavy atom. The zero-order valence-corrected chi connectivity index (χ0v) is 18.3. The van der Waals surface area contributed by atoms with Gasteiger partial charge < -0.3 is 19.7 Å². The van der Waals surface area contributed by atoms with Gasteiger partial charge in [-0.25, -0.2) is 0 Å². The van der Waals surface area contributed by atoms with Gasteiger partial charge in [-0.2, -0.15) is 0 Å². The first kappa shape index (κ1) is 22.0. The molecule has 0 spiro atoms. The maximum Gasteiger partial charge on any atom is 0.255 e. The molecule has 1 aliphatic heterocycles. The van der Waals surface area contributed by atoms with Gasteiger partial charge in [0.1, 0.15) is 0 Å². The summed E-state index contributed by atoms with van der Waals surface area (Å²) >= 11 is 6.33. The molecule has 0 radical (unpaired) electrons. The topological polar surface area (TPSA) is 67.9 Å². The highest BCUT2D eigenvalue weighted by Gasteiger charge is 2.20. The van der Waals surface area contributed by atoms with E-state index in [1.807, 2.05) is 18.7 Å². The van der Waals surface area contributed by atoms with Crippen molar-refractivity contribution in [3.63, 3.8) is 0 Å². The molecule has 0 bridgehead atoms. The van der Waals surface area contributed by atoms with Gasteiger partial charge >= 0.3 is 0 Å². The van der Waals surface area contributed by atoms with Gasteiger partial charge in [-0.3, -0.25) is 9.59 Å². The molecule has 0 aromatic heterocycles. The summed E-state index contributed by atoms with van der Waals surface area (Å²) in [5.74, 6) is 0.853. The molecule has 2 aromatic carbocycles. The molecular formula is C23H27ClN2O4. The predicted octanol–water partition coefficient (Wildman–Crippen LogP) is 4.87. The third-order valence-corrected chi connectivity index (χ3v) is 5.12. The van der Waals surface area contributed by atoms with Crippen molar-refractivity contribution in [1.82, 2.24) is 4.90 Å².